The molecule has 2 amide bonds. The molecule has 8 nitrogen and oxygen atoms in total. The Hall–Kier alpha value is -2.52. The average Bonchev–Trinajstić information content (AvgIpc) is 3.23. The summed E-state index contributed by atoms with van der Waals surface area (Å²) in [6, 6.07) is 7.55. The second-order valence-electron chi connectivity index (χ2n) is 5.91. The molecule has 1 aromatic heterocycles. The summed E-state index contributed by atoms with van der Waals surface area (Å²) in [6.07, 6.45) is 0.185. The predicted molar refractivity (Wildman–Crippen MR) is 95.8 cm³/mol. The number of rotatable bonds is 7. The largest absolute Gasteiger partial charge is 0.496 e. The van der Waals surface area contributed by atoms with Crippen molar-refractivity contribution in [2.24, 2.45) is 5.92 Å². The molecule has 9 heteroatoms. The third-order valence-electron chi connectivity index (χ3n) is 4.10. The van der Waals surface area contributed by atoms with Crippen molar-refractivity contribution < 1.29 is 19.1 Å². The summed E-state index contributed by atoms with van der Waals surface area (Å²) >= 11 is 1.26. The van der Waals surface area contributed by atoms with Crippen LogP contribution in [0.5, 0.6) is 5.75 Å². The number of hydrogen-bond acceptors (Lipinski definition) is 7. The first-order valence-electron chi connectivity index (χ1n) is 8.12. The molecule has 0 unspecified atom stereocenters. The number of carbonyl (C=O) groups is 2. The van der Waals surface area contributed by atoms with Gasteiger partial charge < -0.3 is 19.7 Å². The molecule has 0 spiro atoms. The lowest BCUT2D eigenvalue weighted by molar-refractivity contribution is -0.128. The van der Waals surface area contributed by atoms with E-state index in [1.54, 1.807) is 19.1 Å². The van der Waals surface area contributed by atoms with Crippen molar-refractivity contribution in [3.8, 4) is 5.75 Å². The molecule has 1 N–H and O–H groups in total. The van der Waals surface area contributed by atoms with Gasteiger partial charge in [-0.3, -0.25) is 9.59 Å². The van der Waals surface area contributed by atoms with Crippen LogP contribution in [0.3, 0.4) is 0 Å². The van der Waals surface area contributed by atoms with Gasteiger partial charge in [0.25, 0.3) is 0 Å². The number of ether oxygens (including phenoxy) is 2. The van der Waals surface area contributed by atoms with Crippen LogP contribution in [0.25, 0.3) is 0 Å². The second-order valence-corrected chi connectivity index (χ2v) is 6.97. The first-order chi connectivity index (χ1) is 12.6. The summed E-state index contributed by atoms with van der Waals surface area (Å²) in [5.74, 6) is 0.0501. The second kappa shape index (κ2) is 8.24. The third-order valence-corrected chi connectivity index (χ3v) is 4.92. The number of benzene rings is 1. The zero-order valence-corrected chi connectivity index (χ0v) is 15.4. The number of methoxy groups -OCH3 is 2. The Morgan fingerprint density at radius 1 is 1.35 bits per heavy atom. The van der Waals surface area contributed by atoms with Gasteiger partial charge in [0, 0.05) is 32.2 Å². The molecule has 1 saturated heterocycles. The molecular weight excluding hydrogens is 356 g/mol. The van der Waals surface area contributed by atoms with Gasteiger partial charge in [-0.1, -0.05) is 29.5 Å². The van der Waals surface area contributed by atoms with Crippen LogP contribution in [-0.2, 0) is 27.5 Å². The first kappa shape index (κ1) is 18.3. The number of likely N-dealkylation sites (tertiary alicyclic amines) is 1. The summed E-state index contributed by atoms with van der Waals surface area (Å²) in [4.78, 5) is 26.4. The smallest absolute Gasteiger partial charge is 0.231 e. The number of carbonyl (C=O) groups excluding carboxylic acids is 2. The van der Waals surface area contributed by atoms with E-state index in [0.29, 0.717) is 29.8 Å². The highest BCUT2D eigenvalue weighted by atomic mass is 32.1. The summed E-state index contributed by atoms with van der Waals surface area (Å²) in [6.45, 7) is 1.14. The zero-order chi connectivity index (χ0) is 18.5. The van der Waals surface area contributed by atoms with Crippen LogP contribution in [0.1, 0.15) is 17.0 Å². The summed E-state index contributed by atoms with van der Waals surface area (Å²) in [5.41, 5.74) is 0.915. The Kier molecular flexibility index (Phi) is 5.79. The highest BCUT2D eigenvalue weighted by Crippen LogP contribution is 2.26. The van der Waals surface area contributed by atoms with E-state index in [4.69, 9.17) is 9.47 Å². The molecule has 1 aliphatic rings. The number of aromatic nitrogens is 2. The molecule has 2 heterocycles. The van der Waals surface area contributed by atoms with Crippen LogP contribution in [0.15, 0.2) is 24.3 Å². The SMILES string of the molecule is COCc1nnc(NC(=O)[C@H]2CC(=O)N(Cc3ccccc3OC)C2)s1. The van der Waals surface area contributed by atoms with Gasteiger partial charge in [-0.25, -0.2) is 0 Å². The molecule has 0 radical (unpaired) electrons. The van der Waals surface area contributed by atoms with Gasteiger partial charge in [-0.2, -0.15) is 0 Å². The van der Waals surface area contributed by atoms with Crippen molar-refractivity contribution in [3.05, 3.63) is 34.8 Å². The van der Waals surface area contributed by atoms with Crippen LogP contribution < -0.4 is 10.1 Å². The molecule has 1 fully saturated rings. The Labute approximate surface area is 155 Å². The van der Waals surface area contributed by atoms with Crippen molar-refractivity contribution in [1.82, 2.24) is 15.1 Å². The Balaban J connectivity index is 1.60. The standard InChI is InChI=1S/C17H20N4O4S/c1-24-10-14-19-20-17(26-14)18-16(23)12-7-15(22)21(9-12)8-11-5-3-4-6-13(11)25-2/h3-6,12H,7-10H2,1-2H3,(H,18,20,23)/t12-/m0/s1. The molecule has 1 aromatic carbocycles. The number of amides is 2. The van der Waals surface area contributed by atoms with Gasteiger partial charge in [-0.05, 0) is 6.07 Å². The third kappa shape index (κ3) is 4.17. The van der Waals surface area contributed by atoms with Crippen molar-refractivity contribution in [3.63, 3.8) is 0 Å². The van der Waals surface area contributed by atoms with Crippen LogP contribution >= 0.6 is 11.3 Å². The van der Waals surface area contributed by atoms with E-state index in [2.05, 4.69) is 15.5 Å². The van der Waals surface area contributed by atoms with Crippen LogP contribution in [-0.4, -0.2) is 47.7 Å². The topological polar surface area (TPSA) is 93.7 Å². The zero-order valence-electron chi connectivity index (χ0n) is 14.6. The number of para-hydroxylation sites is 1. The minimum Gasteiger partial charge on any atom is -0.496 e. The van der Waals surface area contributed by atoms with E-state index >= 15 is 0 Å². The van der Waals surface area contributed by atoms with Crippen LogP contribution in [0.2, 0.25) is 0 Å². The van der Waals surface area contributed by atoms with Crippen molar-refractivity contribution in [1.29, 1.82) is 0 Å². The minimum absolute atomic E-state index is 0.0478. The quantitative estimate of drug-likeness (QED) is 0.790. The molecule has 3 rings (SSSR count). The Bertz CT molecular complexity index is 795. The van der Waals surface area contributed by atoms with E-state index in [1.807, 2.05) is 24.3 Å². The summed E-state index contributed by atoms with van der Waals surface area (Å²) in [7, 11) is 3.17. The maximum atomic E-state index is 12.4. The molecule has 1 aliphatic heterocycles. The molecule has 0 bridgehead atoms. The number of hydrogen-bond donors (Lipinski definition) is 1. The van der Waals surface area contributed by atoms with Crippen molar-refractivity contribution in [2.75, 3.05) is 26.1 Å². The lowest BCUT2D eigenvalue weighted by atomic mass is 10.1. The molecular formula is C17H20N4O4S. The number of nitrogens with zero attached hydrogens (tertiary/aromatic N) is 3. The number of nitrogens with one attached hydrogen (secondary N) is 1. The summed E-state index contributed by atoms with van der Waals surface area (Å²) < 4.78 is 10.3. The van der Waals surface area contributed by atoms with Crippen LogP contribution in [0, 0.1) is 5.92 Å². The van der Waals surface area contributed by atoms with Gasteiger partial charge in [0.15, 0.2) is 0 Å². The minimum atomic E-state index is -0.410. The predicted octanol–water partition coefficient (Wildman–Crippen LogP) is 1.68. The molecule has 0 saturated carbocycles. The van der Waals surface area contributed by atoms with Gasteiger partial charge >= 0.3 is 0 Å². The lowest BCUT2D eigenvalue weighted by Gasteiger charge is -2.18. The van der Waals surface area contributed by atoms with E-state index in [1.165, 1.54) is 11.3 Å². The van der Waals surface area contributed by atoms with E-state index in [9.17, 15) is 9.59 Å². The highest BCUT2D eigenvalue weighted by Gasteiger charge is 2.35. The van der Waals surface area contributed by atoms with E-state index in [0.717, 1.165) is 11.3 Å². The fourth-order valence-electron chi connectivity index (χ4n) is 2.83. The van der Waals surface area contributed by atoms with Gasteiger partial charge in [0.2, 0.25) is 16.9 Å². The number of anilines is 1. The maximum absolute atomic E-state index is 12.4. The van der Waals surface area contributed by atoms with Gasteiger partial charge in [-0.15, -0.1) is 10.2 Å². The first-order valence-corrected chi connectivity index (χ1v) is 8.94. The Morgan fingerprint density at radius 2 is 2.15 bits per heavy atom. The van der Waals surface area contributed by atoms with Gasteiger partial charge in [0.1, 0.15) is 17.4 Å². The molecule has 2 aromatic rings. The maximum Gasteiger partial charge on any atom is 0.231 e. The normalized spacial score (nSPS) is 16.8. The average molecular weight is 376 g/mol. The lowest BCUT2D eigenvalue weighted by Crippen LogP contribution is -2.28. The van der Waals surface area contributed by atoms with Gasteiger partial charge in [0.05, 0.1) is 13.0 Å². The molecule has 0 aliphatic carbocycles. The monoisotopic (exact) mass is 376 g/mol. The van der Waals surface area contributed by atoms with Crippen molar-refractivity contribution >= 4 is 28.3 Å². The fraction of sp³-hybridized carbons (Fsp3) is 0.412. The fourth-order valence-corrected chi connectivity index (χ4v) is 3.55. The molecule has 26 heavy (non-hydrogen) atoms. The Morgan fingerprint density at radius 3 is 2.92 bits per heavy atom. The van der Waals surface area contributed by atoms with Crippen molar-refractivity contribution in [2.45, 2.75) is 19.6 Å². The summed E-state index contributed by atoms with van der Waals surface area (Å²) in [5, 5.41) is 11.7. The van der Waals surface area contributed by atoms with E-state index < -0.39 is 5.92 Å². The van der Waals surface area contributed by atoms with E-state index in [-0.39, 0.29) is 18.2 Å². The van der Waals surface area contributed by atoms with Crippen LogP contribution in [0.4, 0.5) is 5.13 Å². The molecule has 1 atom stereocenters. The molecule has 138 valence electrons. The highest BCUT2D eigenvalue weighted by molar-refractivity contribution is 7.15.